The van der Waals surface area contributed by atoms with Gasteiger partial charge in [-0.3, -0.25) is 0 Å². The lowest BCUT2D eigenvalue weighted by atomic mass is 9.97. The van der Waals surface area contributed by atoms with Gasteiger partial charge >= 0.3 is 0 Å². The molecule has 0 amide bonds. The van der Waals surface area contributed by atoms with E-state index in [1.54, 1.807) is 7.11 Å². The first-order valence-corrected chi connectivity index (χ1v) is 11.9. The molecule has 172 valence electrons. The van der Waals surface area contributed by atoms with Gasteiger partial charge in [0.05, 0.1) is 19.2 Å². The monoisotopic (exact) mass is 437 g/mol. The largest absolute Gasteiger partial charge is 0.493 e. The molecule has 0 spiro atoms. The van der Waals surface area contributed by atoms with Gasteiger partial charge in [0.1, 0.15) is 11.8 Å². The minimum absolute atomic E-state index is 0.411. The number of aromatic nitrogens is 1. The van der Waals surface area contributed by atoms with Crippen molar-refractivity contribution in [2.45, 2.75) is 32.1 Å². The van der Waals surface area contributed by atoms with Crippen LogP contribution in [-0.2, 0) is 0 Å². The maximum Gasteiger partial charge on any atom is 0.163 e. The van der Waals surface area contributed by atoms with Crippen LogP contribution in [0.25, 0.3) is 10.9 Å². The van der Waals surface area contributed by atoms with E-state index in [0.717, 1.165) is 49.2 Å². The van der Waals surface area contributed by atoms with Crippen molar-refractivity contribution < 1.29 is 9.47 Å². The minimum atomic E-state index is 0.411. The second-order valence-electron chi connectivity index (χ2n) is 9.07. The number of fused-ring (bicyclic) bond motifs is 1. The number of benzene rings is 1. The van der Waals surface area contributed by atoms with E-state index in [2.05, 4.69) is 33.2 Å². The average Bonchev–Trinajstić information content (AvgIpc) is 3.34. The Bertz CT molecular complexity index is 943. The summed E-state index contributed by atoms with van der Waals surface area (Å²) in [5, 5.41) is 14.1. The van der Waals surface area contributed by atoms with Gasteiger partial charge in [-0.15, -0.1) is 0 Å². The molecule has 1 N–H and O–H groups in total. The van der Waals surface area contributed by atoms with Gasteiger partial charge in [0.2, 0.25) is 0 Å². The molecule has 2 aliphatic heterocycles. The smallest absolute Gasteiger partial charge is 0.163 e. The zero-order valence-corrected chi connectivity index (χ0v) is 19.4. The van der Waals surface area contributed by atoms with Crippen molar-refractivity contribution in [2.75, 3.05) is 65.3 Å². The molecular weight excluding hydrogens is 402 g/mol. The van der Waals surface area contributed by atoms with E-state index in [4.69, 9.17) is 9.47 Å². The Hall–Kier alpha value is -2.56. The molecule has 0 unspecified atom stereocenters. The number of hydrogen-bond acceptors (Lipinski definition) is 7. The highest BCUT2D eigenvalue weighted by Gasteiger charge is 2.18. The maximum absolute atomic E-state index is 9.51. The Morgan fingerprint density at radius 1 is 1.12 bits per heavy atom. The highest BCUT2D eigenvalue weighted by atomic mass is 16.5. The van der Waals surface area contributed by atoms with E-state index in [0.29, 0.717) is 29.7 Å². The van der Waals surface area contributed by atoms with Crippen LogP contribution in [0.1, 0.15) is 37.8 Å². The zero-order valence-electron chi connectivity index (χ0n) is 19.4. The Labute approximate surface area is 191 Å². The molecule has 0 aliphatic carbocycles. The molecule has 2 aliphatic rings. The first kappa shape index (κ1) is 22.6. The Morgan fingerprint density at radius 3 is 2.62 bits per heavy atom. The summed E-state index contributed by atoms with van der Waals surface area (Å²) in [6.45, 7) is 7.28. The van der Waals surface area contributed by atoms with Crippen LogP contribution in [0.5, 0.6) is 11.5 Å². The molecule has 2 fully saturated rings. The number of pyridine rings is 1. The van der Waals surface area contributed by atoms with Gasteiger partial charge in [0, 0.05) is 30.2 Å². The number of methoxy groups -OCH3 is 1. The summed E-state index contributed by atoms with van der Waals surface area (Å²) < 4.78 is 11.7. The predicted molar refractivity (Wildman–Crippen MR) is 128 cm³/mol. The third kappa shape index (κ3) is 5.62. The molecule has 1 aromatic heterocycles. The highest BCUT2D eigenvalue weighted by molar-refractivity contribution is 5.94. The molecule has 1 aromatic carbocycles. The van der Waals surface area contributed by atoms with Gasteiger partial charge in [-0.2, -0.15) is 5.26 Å². The van der Waals surface area contributed by atoms with Crippen LogP contribution in [-0.4, -0.2) is 74.8 Å². The molecule has 2 aromatic rings. The number of nitrogens with zero attached hydrogens (tertiary/aromatic N) is 4. The number of nitriles is 1. The summed E-state index contributed by atoms with van der Waals surface area (Å²) in [7, 11) is 3.85. The van der Waals surface area contributed by atoms with E-state index in [1.807, 2.05) is 18.2 Å². The molecule has 0 radical (unpaired) electrons. The van der Waals surface area contributed by atoms with Gasteiger partial charge in [-0.05, 0) is 83.4 Å². The lowest BCUT2D eigenvalue weighted by molar-refractivity contribution is 0.226. The molecule has 0 bridgehead atoms. The molecule has 4 rings (SSSR count). The molecule has 7 heteroatoms. The summed E-state index contributed by atoms with van der Waals surface area (Å²) in [5.74, 6) is 2.03. The highest BCUT2D eigenvalue weighted by Crippen LogP contribution is 2.35. The predicted octanol–water partition coefficient (Wildman–Crippen LogP) is 3.73. The van der Waals surface area contributed by atoms with E-state index in [9.17, 15) is 5.26 Å². The maximum atomic E-state index is 9.51. The quantitative estimate of drug-likeness (QED) is 0.599. The van der Waals surface area contributed by atoms with E-state index >= 15 is 0 Å². The molecule has 0 saturated carbocycles. The van der Waals surface area contributed by atoms with Crippen LogP contribution >= 0.6 is 0 Å². The first-order chi connectivity index (χ1) is 15.7. The van der Waals surface area contributed by atoms with Gasteiger partial charge in [-0.1, -0.05) is 0 Å². The minimum Gasteiger partial charge on any atom is -0.493 e. The van der Waals surface area contributed by atoms with Crippen LogP contribution in [0.3, 0.4) is 0 Å². The van der Waals surface area contributed by atoms with E-state index in [1.165, 1.54) is 38.8 Å². The topological polar surface area (TPSA) is 73.6 Å². The normalized spacial score (nSPS) is 18.0. The fourth-order valence-corrected chi connectivity index (χ4v) is 4.71. The third-order valence-corrected chi connectivity index (χ3v) is 6.70. The van der Waals surface area contributed by atoms with Crippen molar-refractivity contribution in [1.82, 2.24) is 14.8 Å². The van der Waals surface area contributed by atoms with Crippen molar-refractivity contribution in [3.8, 4) is 17.6 Å². The van der Waals surface area contributed by atoms with Crippen molar-refractivity contribution in [1.29, 1.82) is 5.26 Å². The van der Waals surface area contributed by atoms with Crippen LogP contribution in [0.2, 0.25) is 0 Å². The Balaban J connectivity index is 1.48. The number of rotatable bonds is 9. The summed E-state index contributed by atoms with van der Waals surface area (Å²) in [6, 6.07) is 7.93. The molecule has 3 heterocycles. The summed E-state index contributed by atoms with van der Waals surface area (Å²) in [5.41, 5.74) is 2.10. The van der Waals surface area contributed by atoms with Crippen molar-refractivity contribution in [2.24, 2.45) is 5.92 Å². The zero-order chi connectivity index (χ0) is 22.3. The second kappa shape index (κ2) is 10.8. The van der Waals surface area contributed by atoms with Gasteiger partial charge in [0.15, 0.2) is 11.5 Å². The lowest BCUT2D eigenvalue weighted by Gasteiger charge is -2.29. The molecule has 2 saturated heterocycles. The first-order valence-electron chi connectivity index (χ1n) is 11.9. The van der Waals surface area contributed by atoms with Crippen molar-refractivity contribution in [3.05, 3.63) is 23.9 Å². The van der Waals surface area contributed by atoms with Crippen LogP contribution < -0.4 is 14.8 Å². The number of anilines is 1. The van der Waals surface area contributed by atoms with E-state index in [-0.39, 0.29) is 0 Å². The number of nitrogens with one attached hydrogen (secondary N) is 1. The number of ether oxygens (including phenoxy) is 2. The third-order valence-electron chi connectivity index (χ3n) is 6.70. The van der Waals surface area contributed by atoms with Crippen LogP contribution in [0.4, 0.5) is 5.69 Å². The summed E-state index contributed by atoms with van der Waals surface area (Å²) >= 11 is 0. The lowest BCUT2D eigenvalue weighted by Crippen LogP contribution is -2.33. The summed E-state index contributed by atoms with van der Waals surface area (Å²) in [4.78, 5) is 9.40. The van der Waals surface area contributed by atoms with E-state index < -0.39 is 0 Å². The van der Waals surface area contributed by atoms with Crippen LogP contribution in [0.15, 0.2) is 18.2 Å². The summed E-state index contributed by atoms with van der Waals surface area (Å²) in [6.07, 6.45) is 5.98. The average molecular weight is 438 g/mol. The van der Waals surface area contributed by atoms with Gasteiger partial charge < -0.3 is 24.6 Å². The molecule has 7 nitrogen and oxygen atoms in total. The molecular formula is C25H35N5O2. The van der Waals surface area contributed by atoms with Gasteiger partial charge in [-0.25, -0.2) is 4.98 Å². The second-order valence-corrected chi connectivity index (χ2v) is 9.07. The standard InChI is InChI=1S/C25H35N5O2/c1-29-11-6-19(7-12-29)18-27-22-14-20(17-26)28-23-16-25(24(31-2)15-21(22)23)32-13-5-10-30-8-3-4-9-30/h14-16,19H,3-13,18H2,1-2H3,(H,27,28). The van der Waals surface area contributed by atoms with Gasteiger partial charge in [0.25, 0.3) is 0 Å². The molecule has 32 heavy (non-hydrogen) atoms. The molecule has 0 atom stereocenters. The number of hydrogen-bond donors (Lipinski definition) is 1. The van der Waals surface area contributed by atoms with Crippen molar-refractivity contribution in [3.63, 3.8) is 0 Å². The number of likely N-dealkylation sites (tertiary alicyclic amines) is 2. The number of piperidine rings is 1. The van der Waals surface area contributed by atoms with Crippen molar-refractivity contribution >= 4 is 16.6 Å². The SMILES string of the molecule is COc1cc2c(NCC3CCN(C)CC3)cc(C#N)nc2cc1OCCCN1CCCC1. The van der Waals surface area contributed by atoms with Crippen LogP contribution in [0, 0.1) is 17.2 Å². The fourth-order valence-electron chi connectivity index (χ4n) is 4.71. The Morgan fingerprint density at radius 2 is 1.91 bits per heavy atom. The Kier molecular flexibility index (Phi) is 7.67. The fraction of sp³-hybridized carbons (Fsp3) is 0.600.